The van der Waals surface area contributed by atoms with Crippen molar-refractivity contribution in [3.8, 4) is 0 Å². The second kappa shape index (κ2) is 5.38. The van der Waals surface area contributed by atoms with Gasteiger partial charge in [0.05, 0.1) is 6.54 Å². The van der Waals surface area contributed by atoms with E-state index in [2.05, 4.69) is 19.2 Å². The van der Waals surface area contributed by atoms with Crippen LogP contribution in [0.25, 0.3) is 0 Å². The average molecular weight is 280 g/mol. The molecule has 0 aromatic rings. The van der Waals surface area contributed by atoms with Crippen molar-refractivity contribution in [2.75, 3.05) is 6.54 Å². The number of rotatable bonds is 1. The molecule has 20 heavy (non-hydrogen) atoms. The lowest BCUT2D eigenvalue weighted by Crippen LogP contribution is -2.65. The van der Waals surface area contributed by atoms with Crippen LogP contribution >= 0.6 is 0 Å². The topological polar surface area (TPSA) is 49.4 Å². The molecule has 114 valence electrons. The van der Waals surface area contributed by atoms with E-state index in [-0.39, 0.29) is 29.8 Å². The molecule has 0 radical (unpaired) electrons. The van der Waals surface area contributed by atoms with Gasteiger partial charge in [0.25, 0.3) is 0 Å². The monoisotopic (exact) mass is 280 g/mol. The number of hydrogen-bond donors (Lipinski definition) is 1. The standard InChI is InChI=1S/C16H28N2O2/c1-10-7-6-8-12(11(10)2)18-9-13(19)17-14(15(18)20)16(3,4)5/h10-12,14H,6-9H2,1-5H3,(H,17,19). The largest absolute Gasteiger partial charge is 0.342 e. The van der Waals surface area contributed by atoms with Gasteiger partial charge in [0.1, 0.15) is 6.04 Å². The first-order valence-corrected chi connectivity index (χ1v) is 7.81. The third-order valence-corrected chi connectivity index (χ3v) is 5.08. The summed E-state index contributed by atoms with van der Waals surface area (Å²) in [6.45, 7) is 10.7. The summed E-state index contributed by atoms with van der Waals surface area (Å²) in [5.74, 6) is 1.18. The Morgan fingerprint density at radius 2 is 1.80 bits per heavy atom. The van der Waals surface area contributed by atoms with E-state index in [1.807, 2.05) is 25.7 Å². The Labute approximate surface area is 122 Å². The summed E-state index contributed by atoms with van der Waals surface area (Å²) < 4.78 is 0. The Morgan fingerprint density at radius 1 is 1.15 bits per heavy atom. The molecule has 1 saturated heterocycles. The smallest absolute Gasteiger partial charge is 0.246 e. The molecule has 1 saturated carbocycles. The van der Waals surface area contributed by atoms with E-state index < -0.39 is 6.04 Å². The van der Waals surface area contributed by atoms with Crippen molar-refractivity contribution in [3.63, 3.8) is 0 Å². The Bertz CT molecular complexity index is 400. The second-order valence-corrected chi connectivity index (χ2v) is 7.67. The highest BCUT2D eigenvalue weighted by molar-refractivity contribution is 5.95. The highest BCUT2D eigenvalue weighted by Crippen LogP contribution is 2.35. The molecule has 4 heteroatoms. The molecule has 1 aliphatic heterocycles. The maximum atomic E-state index is 12.8. The number of carbonyl (C=O) groups is 2. The zero-order chi connectivity index (χ0) is 15.1. The van der Waals surface area contributed by atoms with Crippen LogP contribution in [0.2, 0.25) is 0 Å². The molecule has 1 heterocycles. The van der Waals surface area contributed by atoms with Crippen LogP contribution in [-0.2, 0) is 9.59 Å². The first kappa shape index (κ1) is 15.3. The fourth-order valence-electron chi connectivity index (χ4n) is 3.53. The van der Waals surface area contributed by atoms with Crippen molar-refractivity contribution < 1.29 is 9.59 Å². The van der Waals surface area contributed by atoms with Crippen LogP contribution in [0.3, 0.4) is 0 Å². The Balaban J connectivity index is 2.22. The minimum absolute atomic E-state index is 0.0186. The molecule has 0 spiro atoms. The van der Waals surface area contributed by atoms with Crippen LogP contribution in [-0.4, -0.2) is 35.3 Å². The lowest BCUT2D eigenvalue weighted by atomic mass is 9.76. The maximum Gasteiger partial charge on any atom is 0.246 e. The first-order chi connectivity index (χ1) is 9.21. The number of nitrogens with zero attached hydrogens (tertiary/aromatic N) is 1. The van der Waals surface area contributed by atoms with Crippen molar-refractivity contribution in [2.45, 2.75) is 66.0 Å². The van der Waals surface area contributed by atoms with Gasteiger partial charge in [-0.15, -0.1) is 0 Å². The van der Waals surface area contributed by atoms with Gasteiger partial charge in [0, 0.05) is 6.04 Å². The minimum Gasteiger partial charge on any atom is -0.342 e. The Morgan fingerprint density at radius 3 is 2.40 bits per heavy atom. The van der Waals surface area contributed by atoms with Gasteiger partial charge in [-0.2, -0.15) is 0 Å². The van der Waals surface area contributed by atoms with Gasteiger partial charge >= 0.3 is 0 Å². The zero-order valence-electron chi connectivity index (χ0n) is 13.4. The number of carbonyl (C=O) groups excluding carboxylic acids is 2. The Hall–Kier alpha value is -1.06. The molecular formula is C16H28N2O2. The number of amides is 2. The van der Waals surface area contributed by atoms with Crippen LogP contribution < -0.4 is 5.32 Å². The second-order valence-electron chi connectivity index (χ2n) is 7.67. The quantitative estimate of drug-likeness (QED) is 0.800. The molecule has 2 fully saturated rings. The lowest BCUT2D eigenvalue weighted by Gasteiger charge is -2.46. The summed E-state index contributed by atoms with van der Waals surface area (Å²) in [7, 11) is 0. The van der Waals surface area contributed by atoms with Gasteiger partial charge in [-0.05, 0) is 23.7 Å². The fraction of sp³-hybridized carbons (Fsp3) is 0.875. The van der Waals surface area contributed by atoms with Crippen LogP contribution in [0, 0.1) is 17.3 Å². The molecule has 0 aromatic heterocycles. The fourth-order valence-corrected chi connectivity index (χ4v) is 3.53. The van der Waals surface area contributed by atoms with E-state index in [4.69, 9.17) is 0 Å². The number of nitrogens with one attached hydrogen (secondary N) is 1. The highest BCUT2D eigenvalue weighted by atomic mass is 16.2. The van der Waals surface area contributed by atoms with Gasteiger partial charge in [-0.3, -0.25) is 9.59 Å². The highest BCUT2D eigenvalue weighted by Gasteiger charge is 2.44. The summed E-state index contributed by atoms with van der Waals surface area (Å²) in [4.78, 5) is 26.6. The Kier molecular flexibility index (Phi) is 4.12. The third kappa shape index (κ3) is 2.84. The average Bonchev–Trinajstić information content (AvgIpc) is 2.34. The SMILES string of the molecule is CC1CCCC(N2CC(=O)NC(C(C)(C)C)C2=O)C1C. The van der Waals surface area contributed by atoms with Crippen molar-refractivity contribution >= 4 is 11.8 Å². The maximum absolute atomic E-state index is 12.8. The lowest BCUT2D eigenvalue weighted by molar-refractivity contribution is -0.152. The van der Waals surface area contributed by atoms with E-state index in [1.54, 1.807) is 0 Å². The minimum atomic E-state index is -0.395. The molecular weight excluding hydrogens is 252 g/mol. The normalized spacial score (nSPS) is 36.0. The number of hydrogen-bond acceptors (Lipinski definition) is 2. The van der Waals surface area contributed by atoms with E-state index >= 15 is 0 Å². The summed E-state index contributed by atoms with van der Waals surface area (Å²) >= 11 is 0. The van der Waals surface area contributed by atoms with E-state index in [0.717, 1.165) is 12.8 Å². The first-order valence-electron chi connectivity index (χ1n) is 7.81. The molecule has 1 aliphatic carbocycles. The van der Waals surface area contributed by atoms with E-state index in [9.17, 15) is 9.59 Å². The molecule has 2 amide bonds. The molecule has 2 aliphatic rings. The van der Waals surface area contributed by atoms with Gasteiger partial charge < -0.3 is 10.2 Å². The summed E-state index contributed by atoms with van der Waals surface area (Å²) in [5, 5.41) is 2.87. The molecule has 4 nitrogen and oxygen atoms in total. The van der Waals surface area contributed by atoms with E-state index in [1.165, 1.54) is 6.42 Å². The number of piperazine rings is 1. The summed E-state index contributed by atoms with van der Waals surface area (Å²) in [6, 6.07) is -0.171. The predicted molar refractivity (Wildman–Crippen MR) is 79.1 cm³/mol. The van der Waals surface area contributed by atoms with Crippen LogP contribution in [0.5, 0.6) is 0 Å². The molecule has 4 unspecified atom stereocenters. The van der Waals surface area contributed by atoms with Crippen molar-refractivity contribution in [1.29, 1.82) is 0 Å². The molecule has 0 bridgehead atoms. The van der Waals surface area contributed by atoms with E-state index in [0.29, 0.717) is 11.8 Å². The molecule has 0 aromatic carbocycles. The molecule has 1 N–H and O–H groups in total. The molecule has 4 atom stereocenters. The summed E-state index contributed by atoms with van der Waals surface area (Å²) in [6.07, 6.45) is 3.41. The van der Waals surface area contributed by atoms with Crippen molar-refractivity contribution in [1.82, 2.24) is 10.2 Å². The van der Waals surface area contributed by atoms with Gasteiger partial charge in [0.2, 0.25) is 11.8 Å². The molecule has 2 rings (SSSR count). The van der Waals surface area contributed by atoms with Crippen molar-refractivity contribution in [2.24, 2.45) is 17.3 Å². The van der Waals surface area contributed by atoms with Crippen LogP contribution in [0.1, 0.15) is 53.9 Å². The van der Waals surface area contributed by atoms with Crippen molar-refractivity contribution in [3.05, 3.63) is 0 Å². The van der Waals surface area contributed by atoms with Gasteiger partial charge in [-0.1, -0.05) is 47.5 Å². The zero-order valence-corrected chi connectivity index (χ0v) is 13.4. The third-order valence-electron chi connectivity index (χ3n) is 5.08. The summed E-state index contributed by atoms with van der Waals surface area (Å²) in [5.41, 5.74) is -0.241. The van der Waals surface area contributed by atoms with Crippen LogP contribution in [0.15, 0.2) is 0 Å². The van der Waals surface area contributed by atoms with Gasteiger partial charge in [0.15, 0.2) is 0 Å². The van der Waals surface area contributed by atoms with Crippen LogP contribution in [0.4, 0.5) is 0 Å². The predicted octanol–water partition coefficient (Wildman–Crippen LogP) is 2.18. The van der Waals surface area contributed by atoms with Gasteiger partial charge in [-0.25, -0.2) is 0 Å².